The van der Waals surface area contributed by atoms with E-state index >= 15 is 0 Å². The van der Waals surface area contributed by atoms with Crippen LogP contribution in [0, 0.1) is 0 Å². The zero-order chi connectivity index (χ0) is 20.5. The first-order valence-electron chi connectivity index (χ1n) is 10.5. The number of benzene rings is 2. The predicted molar refractivity (Wildman–Crippen MR) is 122 cm³/mol. The van der Waals surface area contributed by atoms with Crippen molar-refractivity contribution in [3.8, 4) is 11.1 Å². The molecule has 0 unspecified atom stereocenters. The van der Waals surface area contributed by atoms with E-state index in [-0.39, 0.29) is 6.04 Å². The Hall–Kier alpha value is -3.38. The SMILES string of the molecule is Nc1nn2ccnc2c(Nc2cccc(-c3ccccc3)c2)c1C1CCC(N)CC1. The maximum absolute atomic E-state index is 6.46. The first kappa shape index (κ1) is 18.6. The number of fused-ring (bicyclic) bond motifs is 1. The normalized spacial score (nSPS) is 19.1. The number of nitrogens with two attached hydrogens (primary N) is 2. The van der Waals surface area contributed by atoms with Crippen LogP contribution >= 0.6 is 0 Å². The highest BCUT2D eigenvalue weighted by molar-refractivity contribution is 5.82. The van der Waals surface area contributed by atoms with Gasteiger partial charge in [-0.1, -0.05) is 42.5 Å². The summed E-state index contributed by atoms with van der Waals surface area (Å²) in [5.41, 5.74) is 18.7. The molecule has 2 aromatic heterocycles. The van der Waals surface area contributed by atoms with E-state index in [1.54, 1.807) is 10.7 Å². The van der Waals surface area contributed by atoms with Gasteiger partial charge in [-0.2, -0.15) is 0 Å². The van der Waals surface area contributed by atoms with Gasteiger partial charge in [0.05, 0.1) is 5.69 Å². The van der Waals surface area contributed by atoms with Gasteiger partial charge in [0.25, 0.3) is 0 Å². The molecule has 0 spiro atoms. The molecule has 0 aliphatic heterocycles. The smallest absolute Gasteiger partial charge is 0.177 e. The molecule has 6 heteroatoms. The van der Waals surface area contributed by atoms with Crippen molar-refractivity contribution in [2.45, 2.75) is 37.6 Å². The maximum Gasteiger partial charge on any atom is 0.177 e. The molecule has 152 valence electrons. The molecule has 0 radical (unpaired) electrons. The standard InChI is InChI=1S/C24H26N6/c25-19-11-9-17(10-12-19)21-22(24-27-13-14-30(24)29-23(21)26)28-20-8-4-7-18(15-20)16-5-2-1-3-6-16/h1-8,13-15,17,19,28H,9-12,25H2,(H2,26,29). The van der Waals surface area contributed by atoms with Crippen LogP contribution in [0.25, 0.3) is 16.8 Å². The van der Waals surface area contributed by atoms with Crippen LogP contribution in [0.15, 0.2) is 67.0 Å². The van der Waals surface area contributed by atoms with E-state index in [0.717, 1.165) is 53.8 Å². The van der Waals surface area contributed by atoms with E-state index in [9.17, 15) is 0 Å². The number of hydrogen-bond acceptors (Lipinski definition) is 5. The molecule has 1 saturated carbocycles. The van der Waals surface area contributed by atoms with Crippen LogP contribution in [0.4, 0.5) is 17.2 Å². The Morgan fingerprint density at radius 3 is 2.50 bits per heavy atom. The van der Waals surface area contributed by atoms with E-state index < -0.39 is 0 Å². The predicted octanol–water partition coefficient (Wildman–Crippen LogP) is 4.71. The van der Waals surface area contributed by atoms with Gasteiger partial charge in [-0.05, 0) is 54.9 Å². The summed E-state index contributed by atoms with van der Waals surface area (Å²) in [6, 6.07) is 19.1. The first-order valence-corrected chi connectivity index (χ1v) is 10.5. The third kappa shape index (κ3) is 3.50. The van der Waals surface area contributed by atoms with Crippen LogP contribution in [-0.2, 0) is 0 Å². The van der Waals surface area contributed by atoms with Crippen molar-refractivity contribution < 1.29 is 0 Å². The van der Waals surface area contributed by atoms with Gasteiger partial charge in [0.1, 0.15) is 5.82 Å². The lowest BCUT2D eigenvalue weighted by molar-refractivity contribution is 0.396. The lowest BCUT2D eigenvalue weighted by Gasteiger charge is -2.28. The van der Waals surface area contributed by atoms with Crippen molar-refractivity contribution in [1.29, 1.82) is 0 Å². The second-order valence-electron chi connectivity index (χ2n) is 8.05. The zero-order valence-corrected chi connectivity index (χ0v) is 16.8. The van der Waals surface area contributed by atoms with Crippen molar-refractivity contribution in [2.75, 3.05) is 11.1 Å². The van der Waals surface area contributed by atoms with E-state index in [1.807, 2.05) is 12.3 Å². The maximum atomic E-state index is 6.46. The summed E-state index contributed by atoms with van der Waals surface area (Å²) in [5, 5.41) is 8.18. The number of nitrogen functional groups attached to an aromatic ring is 1. The lowest BCUT2D eigenvalue weighted by atomic mass is 9.81. The molecule has 0 amide bonds. The summed E-state index contributed by atoms with van der Waals surface area (Å²) in [7, 11) is 0. The van der Waals surface area contributed by atoms with E-state index in [0.29, 0.717) is 11.7 Å². The molecular formula is C24H26N6. The van der Waals surface area contributed by atoms with Gasteiger partial charge < -0.3 is 16.8 Å². The average molecular weight is 399 g/mol. The molecule has 0 atom stereocenters. The molecule has 5 rings (SSSR count). The van der Waals surface area contributed by atoms with Gasteiger partial charge in [0.15, 0.2) is 5.65 Å². The highest BCUT2D eigenvalue weighted by atomic mass is 15.3. The fourth-order valence-corrected chi connectivity index (χ4v) is 4.47. The molecule has 0 saturated heterocycles. The van der Waals surface area contributed by atoms with Crippen molar-refractivity contribution in [1.82, 2.24) is 14.6 Å². The van der Waals surface area contributed by atoms with Crippen molar-refractivity contribution in [3.63, 3.8) is 0 Å². The molecule has 30 heavy (non-hydrogen) atoms. The van der Waals surface area contributed by atoms with E-state index in [1.165, 1.54) is 5.56 Å². The number of hydrogen-bond donors (Lipinski definition) is 3. The van der Waals surface area contributed by atoms with E-state index in [2.05, 4.69) is 63.9 Å². The molecule has 2 aromatic carbocycles. The summed E-state index contributed by atoms with van der Waals surface area (Å²) in [6.07, 6.45) is 7.64. The minimum Gasteiger partial charge on any atom is -0.382 e. The van der Waals surface area contributed by atoms with Crippen LogP contribution < -0.4 is 16.8 Å². The number of nitrogens with zero attached hydrogens (tertiary/aromatic N) is 3. The van der Waals surface area contributed by atoms with Crippen molar-refractivity contribution in [2.24, 2.45) is 5.73 Å². The van der Waals surface area contributed by atoms with Crippen LogP contribution in [0.5, 0.6) is 0 Å². The molecule has 1 aliphatic carbocycles. The fourth-order valence-electron chi connectivity index (χ4n) is 4.47. The third-order valence-electron chi connectivity index (χ3n) is 6.03. The third-order valence-corrected chi connectivity index (χ3v) is 6.03. The Labute approximate surface area is 175 Å². The lowest BCUT2D eigenvalue weighted by Crippen LogP contribution is -2.26. The molecule has 0 bridgehead atoms. The summed E-state index contributed by atoms with van der Waals surface area (Å²) in [4.78, 5) is 4.56. The van der Waals surface area contributed by atoms with Gasteiger partial charge in [-0.15, -0.1) is 5.10 Å². The molecular weight excluding hydrogens is 372 g/mol. The van der Waals surface area contributed by atoms with Gasteiger partial charge >= 0.3 is 0 Å². The van der Waals surface area contributed by atoms with Crippen LogP contribution in [0.2, 0.25) is 0 Å². The van der Waals surface area contributed by atoms with E-state index in [4.69, 9.17) is 11.5 Å². The largest absolute Gasteiger partial charge is 0.382 e. The van der Waals surface area contributed by atoms with Gasteiger partial charge in [0.2, 0.25) is 0 Å². The summed E-state index contributed by atoms with van der Waals surface area (Å²) < 4.78 is 1.75. The molecule has 1 aliphatic rings. The number of imidazole rings is 1. The van der Waals surface area contributed by atoms with Crippen LogP contribution in [0.1, 0.15) is 37.2 Å². The fraction of sp³-hybridized carbons (Fsp3) is 0.250. The number of nitrogens with one attached hydrogen (secondary N) is 1. The summed E-state index contributed by atoms with van der Waals surface area (Å²) >= 11 is 0. The average Bonchev–Trinajstić information content (AvgIpc) is 3.24. The Balaban J connectivity index is 1.57. The van der Waals surface area contributed by atoms with Gasteiger partial charge in [-0.25, -0.2) is 9.50 Å². The van der Waals surface area contributed by atoms with Gasteiger partial charge in [0, 0.05) is 29.7 Å². The quantitative estimate of drug-likeness (QED) is 0.463. The Morgan fingerprint density at radius 2 is 1.70 bits per heavy atom. The van der Waals surface area contributed by atoms with Crippen LogP contribution in [0.3, 0.4) is 0 Å². The first-order chi connectivity index (χ1) is 14.7. The van der Waals surface area contributed by atoms with Crippen LogP contribution in [-0.4, -0.2) is 20.6 Å². The number of anilines is 3. The minimum absolute atomic E-state index is 0.282. The highest BCUT2D eigenvalue weighted by Crippen LogP contribution is 2.41. The molecule has 6 nitrogen and oxygen atoms in total. The second-order valence-corrected chi connectivity index (χ2v) is 8.05. The second kappa shape index (κ2) is 7.80. The summed E-state index contributed by atoms with van der Waals surface area (Å²) in [6.45, 7) is 0. The zero-order valence-electron chi connectivity index (χ0n) is 16.8. The Bertz CT molecular complexity index is 1160. The van der Waals surface area contributed by atoms with Crippen molar-refractivity contribution in [3.05, 3.63) is 72.6 Å². The van der Waals surface area contributed by atoms with Crippen molar-refractivity contribution >= 4 is 22.8 Å². The number of rotatable bonds is 4. The Morgan fingerprint density at radius 1 is 0.933 bits per heavy atom. The Kier molecular flexibility index (Phi) is 4.85. The number of aromatic nitrogens is 3. The van der Waals surface area contributed by atoms with Gasteiger partial charge in [-0.3, -0.25) is 0 Å². The molecule has 2 heterocycles. The monoisotopic (exact) mass is 398 g/mol. The summed E-state index contributed by atoms with van der Waals surface area (Å²) in [5.74, 6) is 0.890. The minimum atomic E-state index is 0.282. The molecule has 1 fully saturated rings. The highest BCUT2D eigenvalue weighted by Gasteiger charge is 2.27. The molecule has 4 aromatic rings. The molecule has 5 N–H and O–H groups in total. The topological polar surface area (TPSA) is 94.3 Å².